The zero-order valence-electron chi connectivity index (χ0n) is 10.8. The average Bonchev–Trinajstić information content (AvgIpc) is 2.37. The number of amides is 2. The quantitative estimate of drug-likeness (QED) is 0.867. The molecule has 0 aliphatic rings. The van der Waals surface area contributed by atoms with Crippen molar-refractivity contribution < 1.29 is 14.7 Å². The molecular weight excluding hydrogens is 246 g/mol. The lowest BCUT2D eigenvalue weighted by Gasteiger charge is -2.18. The van der Waals surface area contributed by atoms with Gasteiger partial charge in [-0.1, -0.05) is 12.1 Å². The van der Waals surface area contributed by atoms with Crippen LogP contribution in [-0.2, 0) is 0 Å². The van der Waals surface area contributed by atoms with Crippen LogP contribution in [0.25, 0.3) is 0 Å². The molecular formula is C13H15N3O3. The molecule has 0 heterocycles. The van der Waals surface area contributed by atoms with Crippen LogP contribution >= 0.6 is 0 Å². The summed E-state index contributed by atoms with van der Waals surface area (Å²) in [5, 5.41) is 20.1. The fourth-order valence-corrected chi connectivity index (χ4v) is 1.53. The molecule has 1 aromatic rings. The van der Waals surface area contributed by atoms with Gasteiger partial charge in [-0.15, -0.1) is 0 Å². The van der Waals surface area contributed by atoms with Gasteiger partial charge in [-0.25, -0.2) is 9.59 Å². The van der Waals surface area contributed by atoms with Gasteiger partial charge in [0.05, 0.1) is 23.7 Å². The Kier molecular flexibility index (Phi) is 4.89. The Morgan fingerprint density at radius 1 is 1.47 bits per heavy atom. The predicted molar refractivity (Wildman–Crippen MR) is 70.0 cm³/mol. The number of hydrogen-bond acceptors (Lipinski definition) is 3. The Morgan fingerprint density at radius 3 is 2.74 bits per heavy atom. The number of carbonyl (C=O) groups excluding carboxylic acids is 1. The number of benzene rings is 1. The third kappa shape index (κ3) is 3.71. The molecule has 2 amide bonds. The molecule has 0 spiro atoms. The second kappa shape index (κ2) is 6.40. The normalized spacial score (nSPS) is 9.53. The molecule has 0 radical (unpaired) electrons. The van der Waals surface area contributed by atoms with Crippen LogP contribution in [0.2, 0.25) is 0 Å². The van der Waals surface area contributed by atoms with Crippen molar-refractivity contribution in [3.8, 4) is 6.07 Å². The van der Waals surface area contributed by atoms with Gasteiger partial charge >= 0.3 is 12.0 Å². The van der Waals surface area contributed by atoms with Crippen molar-refractivity contribution in [1.82, 2.24) is 4.90 Å². The fourth-order valence-electron chi connectivity index (χ4n) is 1.53. The smallest absolute Gasteiger partial charge is 0.337 e. The van der Waals surface area contributed by atoms with Crippen molar-refractivity contribution in [1.29, 1.82) is 5.26 Å². The molecule has 19 heavy (non-hydrogen) atoms. The number of aromatic carboxylic acids is 1. The first-order chi connectivity index (χ1) is 8.97. The van der Waals surface area contributed by atoms with Crippen molar-refractivity contribution in [3.63, 3.8) is 0 Å². The van der Waals surface area contributed by atoms with Gasteiger partial charge in [0.25, 0.3) is 0 Å². The molecule has 0 aromatic heterocycles. The maximum absolute atomic E-state index is 11.9. The lowest BCUT2D eigenvalue weighted by Crippen LogP contribution is -2.32. The first kappa shape index (κ1) is 14.5. The van der Waals surface area contributed by atoms with Crippen LogP contribution in [0.4, 0.5) is 10.5 Å². The summed E-state index contributed by atoms with van der Waals surface area (Å²) in [6.45, 7) is 2.01. The second-order valence-corrected chi connectivity index (χ2v) is 4.06. The summed E-state index contributed by atoms with van der Waals surface area (Å²) in [4.78, 5) is 24.3. The Bertz CT molecular complexity index is 534. The Balaban J connectivity index is 2.91. The van der Waals surface area contributed by atoms with E-state index in [0.717, 1.165) is 0 Å². The van der Waals surface area contributed by atoms with Crippen LogP contribution in [0.15, 0.2) is 18.2 Å². The van der Waals surface area contributed by atoms with E-state index in [2.05, 4.69) is 5.32 Å². The van der Waals surface area contributed by atoms with Crippen molar-refractivity contribution in [3.05, 3.63) is 29.3 Å². The van der Waals surface area contributed by atoms with Gasteiger partial charge in [0, 0.05) is 13.6 Å². The molecule has 0 fully saturated rings. The maximum Gasteiger partial charge on any atom is 0.337 e. The highest BCUT2D eigenvalue weighted by Crippen LogP contribution is 2.20. The monoisotopic (exact) mass is 261 g/mol. The number of carboxylic acid groups (broad SMARTS) is 1. The molecule has 0 aliphatic carbocycles. The first-order valence-electron chi connectivity index (χ1n) is 5.69. The Hall–Kier alpha value is -2.55. The van der Waals surface area contributed by atoms with E-state index < -0.39 is 12.0 Å². The van der Waals surface area contributed by atoms with Crippen LogP contribution in [0.1, 0.15) is 22.3 Å². The zero-order chi connectivity index (χ0) is 14.4. The second-order valence-electron chi connectivity index (χ2n) is 4.06. The van der Waals surface area contributed by atoms with Gasteiger partial charge in [-0.3, -0.25) is 0 Å². The summed E-state index contributed by atoms with van der Waals surface area (Å²) in [5.41, 5.74) is 0.993. The number of anilines is 1. The summed E-state index contributed by atoms with van der Waals surface area (Å²) in [5.74, 6) is -1.10. The van der Waals surface area contributed by atoms with Gasteiger partial charge in [-0.2, -0.15) is 5.26 Å². The molecule has 1 aromatic carbocycles. The number of carbonyl (C=O) groups is 2. The highest BCUT2D eigenvalue weighted by atomic mass is 16.4. The average molecular weight is 261 g/mol. The van der Waals surface area contributed by atoms with Crippen LogP contribution in [0, 0.1) is 18.3 Å². The lowest BCUT2D eigenvalue weighted by atomic mass is 10.1. The highest BCUT2D eigenvalue weighted by molar-refractivity contribution is 6.00. The number of nitrogens with zero attached hydrogens (tertiary/aromatic N) is 2. The number of aryl methyl sites for hydroxylation is 1. The van der Waals surface area contributed by atoms with E-state index in [1.165, 1.54) is 11.0 Å². The summed E-state index contributed by atoms with van der Waals surface area (Å²) in [6.07, 6.45) is 0.226. The van der Waals surface area contributed by atoms with E-state index in [1.54, 1.807) is 26.1 Å². The predicted octanol–water partition coefficient (Wildman–Crippen LogP) is 2.07. The van der Waals surface area contributed by atoms with Gasteiger partial charge < -0.3 is 15.3 Å². The molecule has 0 unspecified atom stereocenters. The van der Waals surface area contributed by atoms with E-state index in [1.807, 2.05) is 6.07 Å². The largest absolute Gasteiger partial charge is 0.478 e. The number of carboxylic acids is 1. The molecule has 1 rings (SSSR count). The first-order valence-corrected chi connectivity index (χ1v) is 5.69. The summed E-state index contributed by atoms with van der Waals surface area (Å²) < 4.78 is 0. The maximum atomic E-state index is 11.9. The number of nitrogens with one attached hydrogen (secondary N) is 1. The Morgan fingerprint density at radius 2 is 2.16 bits per heavy atom. The summed E-state index contributed by atoms with van der Waals surface area (Å²) in [6, 6.07) is 6.27. The SMILES string of the molecule is Cc1cccc(C(=O)O)c1NC(=O)N(C)CCC#N. The molecule has 0 bridgehead atoms. The minimum Gasteiger partial charge on any atom is -0.478 e. The number of para-hydroxylation sites is 1. The third-order valence-electron chi connectivity index (χ3n) is 2.64. The molecule has 0 aliphatic heterocycles. The van der Waals surface area contributed by atoms with Crippen LogP contribution in [0.5, 0.6) is 0 Å². The van der Waals surface area contributed by atoms with Crippen LogP contribution in [0.3, 0.4) is 0 Å². The topological polar surface area (TPSA) is 93.4 Å². The van der Waals surface area contributed by atoms with Crippen molar-refractivity contribution in [2.75, 3.05) is 18.9 Å². The minimum absolute atomic E-state index is 0.0435. The van der Waals surface area contributed by atoms with E-state index >= 15 is 0 Å². The molecule has 100 valence electrons. The van der Waals surface area contributed by atoms with Crippen LogP contribution in [-0.4, -0.2) is 35.6 Å². The van der Waals surface area contributed by atoms with E-state index in [-0.39, 0.29) is 24.2 Å². The molecule has 6 heteroatoms. The van der Waals surface area contributed by atoms with Gasteiger partial charge in [0.1, 0.15) is 0 Å². The van der Waals surface area contributed by atoms with Crippen LogP contribution < -0.4 is 5.32 Å². The van der Waals surface area contributed by atoms with Crippen molar-refractivity contribution in [2.24, 2.45) is 0 Å². The van der Waals surface area contributed by atoms with E-state index in [9.17, 15) is 9.59 Å². The van der Waals surface area contributed by atoms with Gasteiger partial charge in [0.2, 0.25) is 0 Å². The molecule has 0 atom stereocenters. The molecule has 6 nitrogen and oxygen atoms in total. The molecule has 0 saturated heterocycles. The summed E-state index contributed by atoms with van der Waals surface area (Å²) in [7, 11) is 1.55. The fraction of sp³-hybridized carbons (Fsp3) is 0.308. The molecule has 2 N–H and O–H groups in total. The van der Waals surface area contributed by atoms with Gasteiger partial charge in [-0.05, 0) is 18.6 Å². The number of urea groups is 1. The van der Waals surface area contributed by atoms with E-state index in [4.69, 9.17) is 10.4 Å². The minimum atomic E-state index is -1.10. The van der Waals surface area contributed by atoms with Crippen molar-refractivity contribution in [2.45, 2.75) is 13.3 Å². The molecule has 0 saturated carbocycles. The highest BCUT2D eigenvalue weighted by Gasteiger charge is 2.16. The lowest BCUT2D eigenvalue weighted by molar-refractivity contribution is 0.0698. The van der Waals surface area contributed by atoms with E-state index in [0.29, 0.717) is 5.56 Å². The number of nitriles is 1. The standard InChI is InChI=1S/C13H15N3O3/c1-9-5-3-6-10(12(17)18)11(9)15-13(19)16(2)8-4-7-14/h3,5-6H,4,8H2,1-2H3,(H,15,19)(H,17,18). The Labute approximate surface area is 111 Å². The number of hydrogen-bond donors (Lipinski definition) is 2. The van der Waals surface area contributed by atoms with Crippen molar-refractivity contribution >= 4 is 17.7 Å². The zero-order valence-corrected chi connectivity index (χ0v) is 10.8. The third-order valence-corrected chi connectivity index (χ3v) is 2.64. The van der Waals surface area contributed by atoms with Gasteiger partial charge in [0.15, 0.2) is 0 Å². The summed E-state index contributed by atoms with van der Waals surface area (Å²) >= 11 is 0. The number of rotatable bonds is 4.